The Balaban J connectivity index is 1.82. The van der Waals surface area contributed by atoms with Gasteiger partial charge in [-0.2, -0.15) is 0 Å². The maximum atomic E-state index is 14.3. The molecule has 0 aliphatic rings. The quantitative estimate of drug-likeness (QED) is 0.0150. The fourth-order valence-corrected chi connectivity index (χ4v) is 8.76. The highest BCUT2D eigenvalue weighted by atomic mass is 16.4. The Labute approximate surface area is 493 Å². The third kappa shape index (κ3) is 24.4. The minimum Gasteiger partial charge on any atom is -0.480 e. The number of hydrogen-bond acceptors (Lipinski definition) is 14. The third-order valence-electron chi connectivity index (χ3n) is 14.1. The van der Waals surface area contributed by atoms with Crippen LogP contribution >= 0.6 is 0 Å². The fraction of sp³-hybridized carbons (Fsp3) is 0.574. The number of benzene rings is 1. The average molecular weight is 1190 g/mol. The van der Waals surface area contributed by atoms with E-state index in [1.807, 2.05) is 24.3 Å². The van der Waals surface area contributed by atoms with Crippen LogP contribution in [0.2, 0.25) is 0 Å². The van der Waals surface area contributed by atoms with Crippen molar-refractivity contribution < 1.29 is 48.3 Å². The highest BCUT2D eigenvalue weighted by Crippen LogP contribution is 2.20. The number of aromatic nitrogens is 3. The summed E-state index contributed by atoms with van der Waals surface area (Å²) >= 11 is 0. The van der Waals surface area contributed by atoms with Crippen molar-refractivity contribution in [2.24, 2.45) is 72.9 Å². The Kier molecular flexibility index (Phi) is 29.6. The highest BCUT2D eigenvalue weighted by molar-refractivity contribution is 5.98. The first kappa shape index (κ1) is 70.2. The summed E-state index contributed by atoms with van der Waals surface area (Å²) in [6, 6.07) is -2.77. The summed E-state index contributed by atoms with van der Waals surface area (Å²) < 4.78 is 0. The predicted molar refractivity (Wildman–Crippen MR) is 320 cm³/mol. The summed E-state index contributed by atoms with van der Waals surface area (Å²) in [5.74, 6) is -9.58. The Morgan fingerprint density at radius 1 is 0.565 bits per heavy atom. The zero-order chi connectivity index (χ0) is 63.3. The normalized spacial score (nSPS) is 14.6. The molecule has 0 saturated carbocycles. The summed E-state index contributed by atoms with van der Waals surface area (Å²) in [5, 5.41) is 32.0. The first-order valence-electron chi connectivity index (χ1n) is 28.3. The molecule has 0 saturated heterocycles. The van der Waals surface area contributed by atoms with Crippen molar-refractivity contribution in [1.82, 2.24) is 57.5 Å². The Bertz CT molecular complexity index is 2770. The van der Waals surface area contributed by atoms with E-state index in [9.17, 15) is 48.3 Å². The molecule has 8 amide bonds. The minimum atomic E-state index is -1.37. The van der Waals surface area contributed by atoms with Crippen molar-refractivity contribution >= 4 is 82.0 Å². The van der Waals surface area contributed by atoms with Crippen molar-refractivity contribution in [2.45, 2.75) is 154 Å². The molecule has 10 atom stereocenters. The molecule has 0 fully saturated rings. The van der Waals surface area contributed by atoms with Gasteiger partial charge in [0.2, 0.25) is 47.3 Å². The van der Waals surface area contributed by atoms with Crippen molar-refractivity contribution in [3.8, 4) is 0 Å². The van der Waals surface area contributed by atoms with E-state index in [1.165, 1.54) is 12.5 Å². The van der Waals surface area contributed by atoms with E-state index in [2.05, 4.69) is 72.5 Å². The number of hydrogen-bond donors (Lipinski definition) is 18. The second kappa shape index (κ2) is 35.8. The van der Waals surface area contributed by atoms with Gasteiger partial charge < -0.3 is 97.7 Å². The van der Waals surface area contributed by atoms with Crippen molar-refractivity contribution in [3.63, 3.8) is 0 Å². The second-order valence-electron chi connectivity index (χ2n) is 21.1. The van der Waals surface area contributed by atoms with Crippen molar-refractivity contribution in [3.05, 3.63) is 54.2 Å². The largest absolute Gasteiger partial charge is 0.480 e. The van der Waals surface area contributed by atoms with Gasteiger partial charge in [0.05, 0.1) is 18.9 Å². The molecule has 3 aromatic rings. The summed E-state index contributed by atoms with van der Waals surface area (Å²) in [6.45, 7) is 9.99. The Morgan fingerprint density at radius 3 is 1.60 bits per heavy atom. The number of nitrogens with one attached hydrogen (secondary N) is 10. The van der Waals surface area contributed by atoms with E-state index in [4.69, 9.17) is 40.1 Å². The number of aliphatic carboxylic acids is 1. The van der Waals surface area contributed by atoms with Gasteiger partial charge in [0.25, 0.3) is 0 Å². The lowest BCUT2D eigenvalue weighted by Crippen LogP contribution is -2.61. The van der Waals surface area contributed by atoms with E-state index in [-0.39, 0.29) is 82.5 Å². The predicted octanol–water partition coefficient (Wildman–Crippen LogP) is -3.49. The number of rotatable bonds is 38. The molecule has 3 rings (SSSR count). The van der Waals surface area contributed by atoms with Crippen molar-refractivity contribution in [1.29, 1.82) is 0 Å². The third-order valence-corrected chi connectivity index (χ3v) is 14.1. The average Bonchev–Trinajstić information content (AvgIpc) is 4.33. The van der Waals surface area contributed by atoms with Crippen LogP contribution < -0.4 is 82.7 Å². The number of amides is 8. The lowest BCUT2D eigenvalue weighted by atomic mass is 9.96. The standard InChI is InChI=1S/C54H89N21O10/c1-7-29(5)42(50(83)74-41(28(3)4)48(81)72-39(23-32-25-62-27-68-32)47(80)75-43(30(6)8-2)49(82)70-37(51(84)85)18-13-21-65-54(60)61)73-40(76)26-67-45(78)36(17-12-20-64-53(58)59)69-46(79)38(22-31-24-66-35-16-10-9-14-33(31)35)71-44(77)34(55)15-11-19-63-52(56)57/h9-10,14,16,24-25,27-30,34,36-39,41-43,66H,7-8,11-13,15,17-23,26,55H2,1-6H3,(H,62,68)(H,67,78)(H,69,79)(H,70,82)(H,71,77)(H,72,81)(H,73,76)(H,74,83)(H,75,80)(H,84,85)(H4,56,57,63)(H4,58,59,64)(H4,60,61,65)/t29-,30-,34-,36-,37-,38-,39-,41-,42-,43-/m0/s1. The topological polar surface area (TPSA) is 534 Å². The zero-order valence-electron chi connectivity index (χ0n) is 49.2. The molecule has 0 bridgehead atoms. The Morgan fingerprint density at radius 2 is 1.05 bits per heavy atom. The number of aliphatic imine (C=N–C) groups is 3. The first-order valence-corrected chi connectivity index (χ1v) is 28.3. The van der Waals surface area contributed by atoms with Gasteiger partial charge in [-0.25, -0.2) is 9.78 Å². The maximum absolute atomic E-state index is 14.3. The van der Waals surface area contributed by atoms with Gasteiger partial charge in [-0.05, 0) is 67.9 Å². The van der Waals surface area contributed by atoms with Gasteiger partial charge in [-0.1, -0.05) is 72.6 Å². The molecule has 470 valence electrons. The van der Waals surface area contributed by atoms with Crippen LogP contribution in [-0.2, 0) is 56.0 Å². The van der Waals surface area contributed by atoms with Crippen LogP contribution in [0, 0.1) is 17.8 Å². The maximum Gasteiger partial charge on any atom is 0.326 e. The molecule has 85 heavy (non-hydrogen) atoms. The lowest BCUT2D eigenvalue weighted by Gasteiger charge is -2.30. The molecule has 1 aromatic carbocycles. The molecule has 25 N–H and O–H groups in total. The number of imidazole rings is 1. The minimum absolute atomic E-state index is 0.0188. The monoisotopic (exact) mass is 1190 g/mol. The van der Waals surface area contributed by atoms with Crippen LogP contribution in [-0.4, -0.2) is 166 Å². The van der Waals surface area contributed by atoms with Gasteiger partial charge in [0, 0.05) is 61.5 Å². The van der Waals surface area contributed by atoms with E-state index >= 15 is 0 Å². The molecule has 0 radical (unpaired) electrons. The smallest absolute Gasteiger partial charge is 0.326 e. The molecular weight excluding hydrogens is 1100 g/mol. The number of carboxylic acids is 1. The number of fused-ring (bicyclic) bond motifs is 1. The SMILES string of the molecule is CC[C@H](C)[C@H](NC(=O)CNC(=O)[C@H](CCCN=C(N)N)NC(=O)[C@H](Cc1c[nH]c2ccccc12)NC(=O)[C@@H](N)CCCN=C(N)N)C(=O)N[C@H](C(=O)N[C@@H](Cc1cnc[nH]1)C(=O)N[C@H](C(=O)N[C@@H](CCCN=C(N)N)C(=O)O)[C@@H](C)CC)C(C)C. The summed E-state index contributed by atoms with van der Waals surface area (Å²) in [7, 11) is 0. The number of nitrogens with two attached hydrogens (primary N) is 7. The van der Waals surface area contributed by atoms with Crippen LogP contribution in [0.15, 0.2) is 58.0 Å². The summed E-state index contributed by atoms with van der Waals surface area (Å²) in [5.41, 5.74) is 40.8. The number of carboxylic acid groups (broad SMARTS) is 1. The first-order chi connectivity index (χ1) is 40.3. The number of para-hydroxylation sites is 1. The lowest BCUT2D eigenvalue weighted by molar-refractivity contribution is -0.143. The summed E-state index contributed by atoms with van der Waals surface area (Å²) in [4.78, 5) is 146. The number of carbonyl (C=O) groups excluding carboxylic acids is 8. The van der Waals surface area contributed by atoms with E-state index in [1.54, 1.807) is 47.7 Å². The van der Waals surface area contributed by atoms with Gasteiger partial charge in [-0.3, -0.25) is 53.3 Å². The number of nitrogens with zero attached hydrogens (tertiary/aromatic N) is 4. The molecular formula is C54H89N21O10. The molecule has 31 heteroatoms. The highest BCUT2D eigenvalue weighted by Gasteiger charge is 2.37. The van der Waals surface area contributed by atoms with E-state index in [0.29, 0.717) is 30.5 Å². The van der Waals surface area contributed by atoms with E-state index < -0.39 is 126 Å². The number of carbonyl (C=O) groups is 9. The molecule has 2 aromatic heterocycles. The molecule has 0 aliphatic carbocycles. The van der Waals surface area contributed by atoms with Crippen LogP contribution in [0.25, 0.3) is 10.9 Å². The molecule has 31 nitrogen and oxygen atoms in total. The van der Waals surface area contributed by atoms with Gasteiger partial charge in [0.15, 0.2) is 17.9 Å². The fourth-order valence-electron chi connectivity index (χ4n) is 8.76. The number of aromatic amines is 2. The van der Waals surface area contributed by atoms with E-state index in [0.717, 1.165) is 10.9 Å². The van der Waals surface area contributed by atoms with Crippen molar-refractivity contribution in [2.75, 3.05) is 26.2 Å². The second-order valence-corrected chi connectivity index (χ2v) is 21.1. The molecule has 0 unspecified atom stereocenters. The zero-order valence-corrected chi connectivity index (χ0v) is 49.2. The molecule has 0 aliphatic heterocycles. The van der Waals surface area contributed by atoms with Gasteiger partial charge >= 0.3 is 5.97 Å². The Hall–Kier alpha value is -9.03. The van der Waals surface area contributed by atoms with Crippen LogP contribution in [0.3, 0.4) is 0 Å². The van der Waals surface area contributed by atoms with Gasteiger partial charge in [-0.15, -0.1) is 0 Å². The van der Waals surface area contributed by atoms with Crippen LogP contribution in [0.4, 0.5) is 0 Å². The molecule has 0 spiro atoms. The molecule has 2 heterocycles. The van der Waals surface area contributed by atoms with Gasteiger partial charge in [0.1, 0.15) is 42.3 Å². The number of guanidine groups is 3. The summed E-state index contributed by atoms with van der Waals surface area (Å²) in [6.07, 6.45) is 6.01. The van der Waals surface area contributed by atoms with Crippen LogP contribution in [0.5, 0.6) is 0 Å². The van der Waals surface area contributed by atoms with Crippen LogP contribution in [0.1, 0.15) is 104 Å². The number of H-pyrrole nitrogens is 2.